The zero-order valence-corrected chi connectivity index (χ0v) is 11.0. The molecule has 0 aliphatic carbocycles. The van der Waals surface area contributed by atoms with Crippen molar-refractivity contribution < 1.29 is 4.79 Å². The molecule has 0 aliphatic rings. The van der Waals surface area contributed by atoms with Crippen molar-refractivity contribution in [1.29, 1.82) is 0 Å². The van der Waals surface area contributed by atoms with Gasteiger partial charge in [0.05, 0.1) is 11.7 Å². The van der Waals surface area contributed by atoms with Gasteiger partial charge in [0.25, 0.3) is 0 Å². The van der Waals surface area contributed by atoms with E-state index in [1.54, 1.807) is 6.20 Å². The number of nitrogens with one attached hydrogen (secondary N) is 2. The molecule has 0 saturated heterocycles. The normalized spacial score (nSPS) is 10.8. The average molecular weight is 260 g/mol. The number of anilines is 1. The Bertz CT molecular complexity index is 535. The van der Waals surface area contributed by atoms with Gasteiger partial charge >= 0.3 is 0 Å². The lowest BCUT2D eigenvalue weighted by atomic mass is 10.1. The van der Waals surface area contributed by atoms with Crippen LogP contribution in [0.25, 0.3) is 10.9 Å². The summed E-state index contributed by atoms with van der Waals surface area (Å²) in [5, 5.41) is 10.7. The number of fused-ring (bicyclic) bond motifs is 1. The second-order valence-electron chi connectivity index (χ2n) is 4.67. The molecule has 0 aliphatic heterocycles. The minimum absolute atomic E-state index is 0.0654. The highest BCUT2D eigenvalue weighted by molar-refractivity contribution is 5.93. The third kappa shape index (κ3) is 4.06. The molecule has 0 atom stereocenters. The summed E-state index contributed by atoms with van der Waals surface area (Å²) in [4.78, 5) is 11.8. The number of nitrogens with zero attached hydrogens (tertiary/aromatic N) is 1. The number of amides is 1. The van der Waals surface area contributed by atoms with Crippen LogP contribution in [-0.4, -0.2) is 22.6 Å². The maximum absolute atomic E-state index is 11.8. The molecule has 0 unspecified atom stereocenters. The lowest BCUT2D eigenvalue weighted by molar-refractivity contribution is -0.116. The minimum atomic E-state index is 0.0654. The molecular formula is C14H20N4O. The molecule has 2 aromatic rings. The van der Waals surface area contributed by atoms with Gasteiger partial charge in [0.15, 0.2) is 0 Å². The van der Waals surface area contributed by atoms with Crippen LogP contribution in [0.4, 0.5) is 5.69 Å². The van der Waals surface area contributed by atoms with Gasteiger partial charge in [-0.25, -0.2) is 0 Å². The molecule has 0 saturated carbocycles. The molecule has 102 valence electrons. The number of aromatic nitrogens is 2. The van der Waals surface area contributed by atoms with Gasteiger partial charge in [0.1, 0.15) is 0 Å². The van der Waals surface area contributed by atoms with E-state index in [9.17, 15) is 4.79 Å². The number of benzene rings is 1. The summed E-state index contributed by atoms with van der Waals surface area (Å²) in [6, 6.07) is 5.72. The molecule has 0 bridgehead atoms. The smallest absolute Gasteiger partial charge is 0.224 e. The number of aromatic amines is 1. The fraction of sp³-hybridized carbons (Fsp3) is 0.429. The molecule has 1 amide bonds. The highest BCUT2D eigenvalue weighted by Crippen LogP contribution is 2.17. The summed E-state index contributed by atoms with van der Waals surface area (Å²) in [6.07, 6.45) is 6.43. The molecule has 2 rings (SSSR count). The van der Waals surface area contributed by atoms with E-state index < -0.39 is 0 Å². The maximum atomic E-state index is 11.8. The number of carbonyl (C=O) groups is 1. The largest absolute Gasteiger partial charge is 0.330 e. The molecule has 1 heterocycles. The van der Waals surface area contributed by atoms with Crippen LogP contribution in [0.5, 0.6) is 0 Å². The summed E-state index contributed by atoms with van der Waals surface area (Å²) in [6.45, 7) is 0.733. The lowest BCUT2D eigenvalue weighted by Gasteiger charge is -2.05. The number of carbonyl (C=O) groups excluding carboxylic acids is 1. The second-order valence-corrected chi connectivity index (χ2v) is 4.67. The summed E-state index contributed by atoms with van der Waals surface area (Å²) in [7, 11) is 0. The Kier molecular flexibility index (Phi) is 4.92. The predicted molar refractivity (Wildman–Crippen MR) is 76.9 cm³/mol. The van der Waals surface area contributed by atoms with Gasteiger partial charge in [-0.05, 0) is 37.6 Å². The summed E-state index contributed by atoms with van der Waals surface area (Å²) < 4.78 is 0. The Labute approximate surface area is 112 Å². The highest BCUT2D eigenvalue weighted by Gasteiger charge is 2.03. The van der Waals surface area contributed by atoms with Crippen molar-refractivity contribution in [1.82, 2.24) is 10.2 Å². The van der Waals surface area contributed by atoms with Crippen LogP contribution in [0, 0.1) is 0 Å². The van der Waals surface area contributed by atoms with Crippen LogP contribution < -0.4 is 11.1 Å². The van der Waals surface area contributed by atoms with E-state index in [4.69, 9.17) is 5.73 Å². The first-order valence-electron chi connectivity index (χ1n) is 6.72. The van der Waals surface area contributed by atoms with Gasteiger partial charge in [0.2, 0.25) is 5.91 Å². The zero-order valence-electron chi connectivity index (χ0n) is 11.0. The first-order chi connectivity index (χ1) is 9.29. The quantitative estimate of drug-likeness (QED) is 0.668. The fourth-order valence-electron chi connectivity index (χ4n) is 2.03. The van der Waals surface area contributed by atoms with Crippen LogP contribution in [0.15, 0.2) is 24.4 Å². The van der Waals surface area contributed by atoms with Crippen LogP contribution in [-0.2, 0) is 4.79 Å². The van der Waals surface area contributed by atoms with Gasteiger partial charge in [0, 0.05) is 17.5 Å². The molecule has 5 heteroatoms. The van der Waals surface area contributed by atoms with Gasteiger partial charge in [-0.2, -0.15) is 5.10 Å². The molecule has 0 fully saturated rings. The lowest BCUT2D eigenvalue weighted by Crippen LogP contribution is -2.11. The van der Waals surface area contributed by atoms with Crippen LogP contribution >= 0.6 is 0 Å². The molecule has 0 spiro atoms. The molecule has 4 N–H and O–H groups in total. The van der Waals surface area contributed by atoms with Crippen molar-refractivity contribution in [3.8, 4) is 0 Å². The standard InChI is InChI=1S/C14H20N4O/c15-8-4-2-1-3-5-14(19)17-12-6-7-13-11(9-12)10-16-18-13/h6-7,9-10H,1-5,8,15H2,(H,16,18)(H,17,19). The second kappa shape index (κ2) is 6.89. The van der Waals surface area contributed by atoms with Crippen molar-refractivity contribution in [3.63, 3.8) is 0 Å². The topological polar surface area (TPSA) is 83.8 Å². The zero-order chi connectivity index (χ0) is 13.5. The summed E-state index contributed by atoms with van der Waals surface area (Å²) in [5.41, 5.74) is 7.21. The minimum Gasteiger partial charge on any atom is -0.330 e. The molecule has 5 nitrogen and oxygen atoms in total. The first-order valence-corrected chi connectivity index (χ1v) is 6.72. The monoisotopic (exact) mass is 260 g/mol. The van der Waals surface area contributed by atoms with Gasteiger partial charge in [-0.1, -0.05) is 12.8 Å². The predicted octanol–water partition coefficient (Wildman–Crippen LogP) is 2.41. The SMILES string of the molecule is NCCCCCCC(=O)Nc1ccc2[nH]ncc2c1. The number of hydrogen-bond donors (Lipinski definition) is 3. The molecule has 0 radical (unpaired) electrons. The number of hydrogen-bond acceptors (Lipinski definition) is 3. The van der Waals surface area contributed by atoms with E-state index in [1.165, 1.54) is 0 Å². The molecule has 1 aromatic carbocycles. The van der Waals surface area contributed by atoms with Crippen molar-refractivity contribution in [2.75, 3.05) is 11.9 Å². The van der Waals surface area contributed by atoms with Crippen LogP contribution in [0.3, 0.4) is 0 Å². The van der Waals surface area contributed by atoms with E-state index in [-0.39, 0.29) is 5.91 Å². The average Bonchev–Trinajstić information content (AvgIpc) is 2.86. The van der Waals surface area contributed by atoms with E-state index >= 15 is 0 Å². The van der Waals surface area contributed by atoms with Crippen LogP contribution in [0.1, 0.15) is 32.1 Å². The van der Waals surface area contributed by atoms with Gasteiger partial charge < -0.3 is 11.1 Å². The Hall–Kier alpha value is -1.88. The van der Waals surface area contributed by atoms with Crippen LogP contribution in [0.2, 0.25) is 0 Å². The van der Waals surface area contributed by atoms with Crippen molar-refractivity contribution >= 4 is 22.5 Å². The van der Waals surface area contributed by atoms with E-state index in [0.29, 0.717) is 6.42 Å². The van der Waals surface area contributed by atoms with Crippen molar-refractivity contribution in [2.24, 2.45) is 5.73 Å². The Morgan fingerprint density at radius 2 is 2.11 bits per heavy atom. The van der Waals surface area contributed by atoms with Gasteiger partial charge in [-0.3, -0.25) is 9.89 Å². The number of H-pyrrole nitrogens is 1. The Balaban J connectivity index is 1.78. The van der Waals surface area contributed by atoms with Crippen molar-refractivity contribution in [3.05, 3.63) is 24.4 Å². The molecular weight excluding hydrogens is 240 g/mol. The molecule has 19 heavy (non-hydrogen) atoms. The summed E-state index contributed by atoms with van der Waals surface area (Å²) >= 11 is 0. The summed E-state index contributed by atoms with van der Waals surface area (Å²) in [5.74, 6) is 0.0654. The van der Waals surface area contributed by atoms with E-state index in [2.05, 4.69) is 15.5 Å². The number of rotatable bonds is 7. The maximum Gasteiger partial charge on any atom is 0.224 e. The third-order valence-corrected chi connectivity index (χ3v) is 3.08. The highest BCUT2D eigenvalue weighted by atomic mass is 16.1. The van der Waals surface area contributed by atoms with E-state index in [0.717, 1.165) is 48.8 Å². The Morgan fingerprint density at radius 1 is 1.26 bits per heavy atom. The van der Waals surface area contributed by atoms with E-state index in [1.807, 2.05) is 18.2 Å². The third-order valence-electron chi connectivity index (χ3n) is 3.08. The first kappa shape index (κ1) is 13.5. The Morgan fingerprint density at radius 3 is 2.95 bits per heavy atom. The van der Waals surface area contributed by atoms with Gasteiger partial charge in [-0.15, -0.1) is 0 Å². The molecule has 1 aromatic heterocycles. The fourth-order valence-corrected chi connectivity index (χ4v) is 2.03. The van der Waals surface area contributed by atoms with Crippen molar-refractivity contribution in [2.45, 2.75) is 32.1 Å². The number of unbranched alkanes of at least 4 members (excludes halogenated alkanes) is 3. The number of nitrogens with two attached hydrogens (primary N) is 1.